The van der Waals surface area contributed by atoms with Crippen LogP contribution < -0.4 is 11.1 Å². The van der Waals surface area contributed by atoms with Gasteiger partial charge in [-0.3, -0.25) is 4.79 Å². The van der Waals surface area contributed by atoms with Crippen LogP contribution >= 0.6 is 11.6 Å². The molecule has 0 amide bonds. The molecule has 0 saturated heterocycles. The molecule has 0 atom stereocenters. The number of hydrogen-bond acceptors (Lipinski definition) is 4. The predicted molar refractivity (Wildman–Crippen MR) is 80.3 cm³/mol. The summed E-state index contributed by atoms with van der Waals surface area (Å²) >= 11 is 6.08. The maximum absolute atomic E-state index is 11.3. The number of hydrogen-bond donors (Lipinski definition) is 2. The minimum Gasteiger partial charge on any atom is -0.398 e. The highest BCUT2D eigenvalue weighted by atomic mass is 35.5. The van der Waals surface area contributed by atoms with Crippen molar-refractivity contribution < 1.29 is 4.79 Å². The number of benzene rings is 2. The lowest BCUT2D eigenvalue weighted by atomic mass is 10.1. The first-order valence-corrected chi connectivity index (χ1v) is 6.26. The highest BCUT2D eigenvalue weighted by Gasteiger charge is 2.07. The smallest absolute Gasteiger partial charge is 0.161 e. The Hall–Kier alpha value is -2.51. The number of nitrogens with zero attached hydrogens (tertiary/aromatic N) is 1. The molecule has 2 aromatic rings. The average Bonchev–Trinajstić information content (AvgIpc) is 2.40. The van der Waals surface area contributed by atoms with Crippen molar-refractivity contribution in [1.82, 2.24) is 0 Å². The number of anilines is 3. The number of nitrogens with two attached hydrogens (primary N) is 1. The topological polar surface area (TPSA) is 78.9 Å². The molecule has 0 heterocycles. The molecule has 0 unspecified atom stereocenters. The van der Waals surface area contributed by atoms with Gasteiger partial charge in [-0.15, -0.1) is 0 Å². The van der Waals surface area contributed by atoms with E-state index in [-0.39, 0.29) is 5.78 Å². The molecule has 0 radical (unpaired) electrons. The molecule has 0 aromatic heterocycles. The normalized spacial score (nSPS) is 9.85. The number of rotatable bonds is 3. The number of nitriles is 1. The summed E-state index contributed by atoms with van der Waals surface area (Å²) in [6, 6.07) is 12.1. The summed E-state index contributed by atoms with van der Waals surface area (Å²) in [6.07, 6.45) is 0. The number of halogens is 1. The van der Waals surface area contributed by atoms with Gasteiger partial charge >= 0.3 is 0 Å². The second-order valence-electron chi connectivity index (χ2n) is 4.29. The van der Waals surface area contributed by atoms with E-state index in [1.165, 1.54) is 6.92 Å². The van der Waals surface area contributed by atoms with Gasteiger partial charge in [-0.2, -0.15) is 5.26 Å². The molecule has 0 aliphatic rings. The van der Waals surface area contributed by atoms with Gasteiger partial charge in [0.1, 0.15) is 0 Å². The van der Waals surface area contributed by atoms with Gasteiger partial charge in [-0.05, 0) is 43.3 Å². The fourth-order valence-corrected chi connectivity index (χ4v) is 2.03. The fourth-order valence-electron chi connectivity index (χ4n) is 1.80. The van der Waals surface area contributed by atoms with Gasteiger partial charge < -0.3 is 11.1 Å². The summed E-state index contributed by atoms with van der Waals surface area (Å²) < 4.78 is 0. The second-order valence-corrected chi connectivity index (χ2v) is 4.70. The van der Waals surface area contributed by atoms with Crippen LogP contribution in [0.4, 0.5) is 17.1 Å². The van der Waals surface area contributed by atoms with Crippen LogP contribution in [0.2, 0.25) is 5.02 Å². The van der Waals surface area contributed by atoms with Crippen molar-refractivity contribution in [2.24, 2.45) is 0 Å². The number of carbonyl (C=O) groups excluding carboxylic acids is 1. The van der Waals surface area contributed by atoms with Gasteiger partial charge in [0, 0.05) is 16.9 Å². The van der Waals surface area contributed by atoms with Crippen molar-refractivity contribution >= 4 is 34.4 Å². The van der Waals surface area contributed by atoms with E-state index in [9.17, 15) is 4.79 Å². The lowest BCUT2D eigenvalue weighted by Crippen LogP contribution is -2.01. The summed E-state index contributed by atoms with van der Waals surface area (Å²) in [7, 11) is 0. The van der Waals surface area contributed by atoms with E-state index in [0.29, 0.717) is 27.5 Å². The van der Waals surface area contributed by atoms with Gasteiger partial charge in [0.15, 0.2) is 5.78 Å². The maximum Gasteiger partial charge on any atom is 0.161 e. The molecule has 4 nitrogen and oxygen atoms in total. The number of ketones is 1. The fraction of sp³-hybridized carbons (Fsp3) is 0.0667. The van der Waals surface area contributed by atoms with E-state index in [1.54, 1.807) is 36.4 Å². The zero-order valence-corrected chi connectivity index (χ0v) is 11.5. The van der Waals surface area contributed by atoms with Crippen LogP contribution in [0.1, 0.15) is 22.8 Å². The second kappa shape index (κ2) is 5.64. The largest absolute Gasteiger partial charge is 0.398 e. The number of carbonyl (C=O) groups is 1. The Balaban J connectivity index is 2.29. The Kier molecular flexibility index (Phi) is 3.92. The number of nitrogen functional groups attached to an aromatic ring is 1. The first-order chi connectivity index (χ1) is 9.51. The maximum atomic E-state index is 11.3. The number of Topliss-reactive ketones (excluding diaryl/α,β-unsaturated/α-hetero) is 1. The van der Waals surface area contributed by atoms with Crippen LogP contribution in [0.5, 0.6) is 0 Å². The molecule has 100 valence electrons. The highest BCUT2D eigenvalue weighted by molar-refractivity contribution is 6.33. The molecule has 2 aromatic carbocycles. The highest BCUT2D eigenvalue weighted by Crippen LogP contribution is 2.28. The van der Waals surface area contributed by atoms with Crippen LogP contribution in [0.25, 0.3) is 0 Å². The standard InChI is InChI=1S/C15H12ClN3O/c1-9(20)12-4-3-11(7-14(12)18)19-15-5-2-10(8-17)6-13(15)16/h2-7,19H,18H2,1H3. The molecule has 0 fully saturated rings. The van der Waals surface area contributed by atoms with Gasteiger partial charge in [0.25, 0.3) is 0 Å². The molecule has 20 heavy (non-hydrogen) atoms. The third-order valence-corrected chi connectivity index (χ3v) is 3.12. The van der Waals surface area contributed by atoms with Crippen molar-refractivity contribution in [2.75, 3.05) is 11.1 Å². The Morgan fingerprint density at radius 2 is 2.05 bits per heavy atom. The minimum absolute atomic E-state index is 0.0783. The molecule has 0 saturated carbocycles. The van der Waals surface area contributed by atoms with E-state index in [4.69, 9.17) is 22.6 Å². The average molecular weight is 286 g/mol. The molecule has 0 spiro atoms. The third kappa shape index (κ3) is 2.90. The van der Waals surface area contributed by atoms with Crippen LogP contribution in [0, 0.1) is 11.3 Å². The van der Waals surface area contributed by atoms with Crippen molar-refractivity contribution in [1.29, 1.82) is 5.26 Å². The summed E-state index contributed by atoms with van der Waals surface area (Å²) in [4.78, 5) is 11.3. The minimum atomic E-state index is -0.0783. The van der Waals surface area contributed by atoms with Crippen LogP contribution in [-0.2, 0) is 0 Å². The first kappa shape index (κ1) is 13.9. The Bertz CT molecular complexity index is 720. The molecular formula is C15H12ClN3O. The van der Waals surface area contributed by atoms with E-state index < -0.39 is 0 Å². The third-order valence-electron chi connectivity index (χ3n) is 2.81. The van der Waals surface area contributed by atoms with Gasteiger partial charge in [-0.25, -0.2) is 0 Å². The SMILES string of the molecule is CC(=O)c1ccc(Nc2ccc(C#N)cc2Cl)cc1N. The molecule has 0 bridgehead atoms. The van der Waals surface area contributed by atoms with Gasteiger partial charge in [0.2, 0.25) is 0 Å². The van der Waals surface area contributed by atoms with Gasteiger partial charge in [0.05, 0.1) is 22.3 Å². The zero-order valence-electron chi connectivity index (χ0n) is 10.8. The summed E-state index contributed by atoms with van der Waals surface area (Å²) in [6.45, 7) is 1.47. The molecule has 2 rings (SSSR count). The van der Waals surface area contributed by atoms with E-state index in [2.05, 4.69) is 5.32 Å². The molecule has 3 N–H and O–H groups in total. The zero-order chi connectivity index (χ0) is 14.7. The molecule has 0 aliphatic carbocycles. The first-order valence-electron chi connectivity index (χ1n) is 5.88. The summed E-state index contributed by atoms with van der Waals surface area (Å²) in [5.74, 6) is -0.0783. The molecular weight excluding hydrogens is 274 g/mol. The van der Waals surface area contributed by atoms with Crippen LogP contribution in [0.15, 0.2) is 36.4 Å². The molecule has 0 aliphatic heterocycles. The van der Waals surface area contributed by atoms with E-state index >= 15 is 0 Å². The van der Waals surface area contributed by atoms with E-state index in [1.807, 2.05) is 6.07 Å². The monoisotopic (exact) mass is 285 g/mol. The summed E-state index contributed by atoms with van der Waals surface area (Å²) in [5, 5.41) is 12.3. The van der Waals surface area contributed by atoms with Crippen LogP contribution in [0.3, 0.4) is 0 Å². The van der Waals surface area contributed by atoms with Crippen molar-refractivity contribution in [3.05, 3.63) is 52.5 Å². The lowest BCUT2D eigenvalue weighted by molar-refractivity contribution is 0.101. The molecule has 5 heteroatoms. The Morgan fingerprint density at radius 3 is 2.60 bits per heavy atom. The summed E-state index contributed by atoms with van der Waals surface area (Å²) in [5.41, 5.74) is 8.60. The van der Waals surface area contributed by atoms with Gasteiger partial charge in [-0.1, -0.05) is 11.6 Å². The Morgan fingerprint density at radius 1 is 1.30 bits per heavy atom. The van der Waals surface area contributed by atoms with Crippen molar-refractivity contribution in [2.45, 2.75) is 6.92 Å². The Labute approximate surface area is 121 Å². The quantitative estimate of drug-likeness (QED) is 0.665. The predicted octanol–water partition coefficient (Wildman–Crippen LogP) is 3.74. The lowest BCUT2D eigenvalue weighted by Gasteiger charge is -2.10. The van der Waals surface area contributed by atoms with Crippen molar-refractivity contribution in [3.63, 3.8) is 0 Å². The van der Waals surface area contributed by atoms with Crippen LogP contribution in [-0.4, -0.2) is 5.78 Å². The van der Waals surface area contributed by atoms with E-state index in [0.717, 1.165) is 5.69 Å². The number of nitrogens with one attached hydrogen (secondary N) is 1. The van der Waals surface area contributed by atoms with Crippen molar-refractivity contribution in [3.8, 4) is 6.07 Å².